The lowest BCUT2D eigenvalue weighted by molar-refractivity contribution is 0.450. The van der Waals surface area contributed by atoms with Crippen molar-refractivity contribution >= 4 is 21.9 Å². The Kier molecular flexibility index (Phi) is 1.71. The summed E-state index contributed by atoms with van der Waals surface area (Å²) in [7, 11) is 0. The van der Waals surface area contributed by atoms with E-state index in [0.29, 0.717) is 11.0 Å². The summed E-state index contributed by atoms with van der Waals surface area (Å²) in [6.07, 6.45) is 0. The van der Waals surface area contributed by atoms with E-state index in [1.165, 1.54) is 6.07 Å². The fourth-order valence-corrected chi connectivity index (χ4v) is 1.70. The predicted molar refractivity (Wildman–Crippen MR) is 51.4 cm³/mol. The third-order valence-electron chi connectivity index (χ3n) is 2.38. The minimum Gasteiger partial charge on any atom is -0.451 e. The molecule has 0 amide bonds. The molecule has 0 bridgehead atoms. The molecule has 0 fully saturated rings. The molecule has 0 radical (unpaired) electrons. The van der Waals surface area contributed by atoms with Gasteiger partial charge in [-0.1, -0.05) is 18.2 Å². The van der Waals surface area contributed by atoms with E-state index < -0.39 is 17.7 Å². The Morgan fingerprint density at radius 1 is 1.00 bits per heavy atom. The summed E-state index contributed by atoms with van der Waals surface area (Å²) in [5, 5.41) is 0.121. The Labute approximate surface area is 87.3 Å². The fraction of sp³-hybridized carbons (Fsp3) is 0. The highest BCUT2D eigenvalue weighted by molar-refractivity contribution is 6.04. The number of benzene rings is 1. The Morgan fingerprint density at radius 2 is 1.75 bits per heavy atom. The molecule has 2 aromatic heterocycles. The summed E-state index contributed by atoms with van der Waals surface area (Å²) in [5.41, 5.74) is -0.0669. The van der Waals surface area contributed by atoms with Gasteiger partial charge in [0, 0.05) is 5.39 Å². The lowest BCUT2D eigenvalue weighted by Crippen LogP contribution is -1.94. The van der Waals surface area contributed by atoms with E-state index in [-0.39, 0.29) is 11.0 Å². The van der Waals surface area contributed by atoms with Crippen LogP contribution in [0.25, 0.3) is 21.9 Å². The predicted octanol–water partition coefficient (Wildman–Crippen LogP) is 3.40. The van der Waals surface area contributed by atoms with E-state index in [2.05, 4.69) is 4.98 Å². The van der Waals surface area contributed by atoms with Gasteiger partial charge in [-0.2, -0.15) is 13.8 Å². The Morgan fingerprint density at radius 3 is 2.56 bits per heavy atom. The zero-order valence-corrected chi connectivity index (χ0v) is 7.80. The summed E-state index contributed by atoms with van der Waals surface area (Å²) in [4.78, 5) is 2.79. The number of aromatic nitrogens is 1. The summed E-state index contributed by atoms with van der Waals surface area (Å²) < 4.78 is 44.8. The maximum Gasteiger partial charge on any atom is 0.259 e. The molecule has 0 saturated carbocycles. The van der Waals surface area contributed by atoms with Crippen LogP contribution in [-0.2, 0) is 0 Å². The minimum absolute atomic E-state index is 0.208. The lowest BCUT2D eigenvalue weighted by atomic mass is 10.2. The number of hydrogen-bond acceptors (Lipinski definition) is 2. The maximum absolute atomic E-state index is 13.5. The van der Waals surface area contributed by atoms with Gasteiger partial charge in [-0.05, 0) is 6.07 Å². The molecular weight excluding hydrogens is 219 g/mol. The van der Waals surface area contributed by atoms with Crippen molar-refractivity contribution in [3.8, 4) is 0 Å². The number of hydrogen-bond donors (Lipinski definition) is 0. The molecule has 0 aliphatic carbocycles. The van der Waals surface area contributed by atoms with Gasteiger partial charge in [-0.3, -0.25) is 0 Å². The first-order valence-corrected chi connectivity index (χ1v) is 4.50. The molecule has 1 aromatic carbocycles. The standard InChI is InChI=1S/C11H4F3NO/c12-8-7-5-3-1-2-4-6(5)16-9(7)11(14)15-10(8)13/h1-4H. The molecule has 5 heteroatoms. The van der Waals surface area contributed by atoms with Crippen molar-refractivity contribution in [3.05, 3.63) is 42.0 Å². The molecule has 0 aliphatic rings. The first kappa shape index (κ1) is 9.21. The summed E-state index contributed by atoms with van der Waals surface area (Å²) in [6, 6.07) is 6.37. The van der Waals surface area contributed by atoms with Crippen LogP contribution in [0, 0.1) is 17.7 Å². The number of pyridine rings is 1. The number of furan rings is 1. The molecule has 2 nitrogen and oxygen atoms in total. The quantitative estimate of drug-likeness (QED) is 0.546. The van der Waals surface area contributed by atoms with Gasteiger partial charge >= 0.3 is 0 Å². The third-order valence-corrected chi connectivity index (χ3v) is 2.38. The summed E-state index contributed by atoms with van der Waals surface area (Å²) in [5.74, 6) is -3.80. The average molecular weight is 223 g/mol. The smallest absolute Gasteiger partial charge is 0.259 e. The molecule has 16 heavy (non-hydrogen) atoms. The van der Waals surface area contributed by atoms with Crippen molar-refractivity contribution in [1.29, 1.82) is 0 Å². The topological polar surface area (TPSA) is 26.0 Å². The first-order chi connectivity index (χ1) is 7.68. The van der Waals surface area contributed by atoms with Gasteiger partial charge in [0.15, 0.2) is 11.4 Å². The number of rotatable bonds is 0. The third kappa shape index (κ3) is 1.05. The number of halogens is 3. The van der Waals surface area contributed by atoms with Crippen LogP contribution in [-0.4, -0.2) is 4.98 Å². The normalized spacial score (nSPS) is 11.4. The highest BCUT2D eigenvalue weighted by Crippen LogP contribution is 2.32. The van der Waals surface area contributed by atoms with E-state index in [4.69, 9.17) is 4.42 Å². The number of fused-ring (bicyclic) bond motifs is 3. The Bertz CT molecular complexity index is 705. The van der Waals surface area contributed by atoms with Gasteiger partial charge in [0.1, 0.15) is 5.58 Å². The molecule has 0 unspecified atom stereocenters. The van der Waals surface area contributed by atoms with E-state index in [1.54, 1.807) is 18.2 Å². The fourth-order valence-electron chi connectivity index (χ4n) is 1.70. The molecule has 0 spiro atoms. The van der Waals surface area contributed by atoms with Crippen LogP contribution in [0.5, 0.6) is 0 Å². The zero-order chi connectivity index (χ0) is 11.3. The van der Waals surface area contributed by atoms with Crippen molar-refractivity contribution in [2.75, 3.05) is 0 Å². The van der Waals surface area contributed by atoms with E-state index >= 15 is 0 Å². The molecule has 3 rings (SSSR count). The molecule has 0 atom stereocenters. The second-order valence-corrected chi connectivity index (χ2v) is 3.31. The van der Waals surface area contributed by atoms with Crippen LogP contribution < -0.4 is 0 Å². The van der Waals surface area contributed by atoms with Crippen molar-refractivity contribution in [2.24, 2.45) is 0 Å². The van der Waals surface area contributed by atoms with Crippen LogP contribution in [0.15, 0.2) is 28.7 Å². The molecule has 3 aromatic rings. The molecule has 80 valence electrons. The summed E-state index contributed by atoms with van der Waals surface area (Å²) in [6.45, 7) is 0. The van der Waals surface area contributed by atoms with Crippen LogP contribution in [0.1, 0.15) is 0 Å². The maximum atomic E-state index is 13.5. The van der Waals surface area contributed by atoms with Gasteiger partial charge in [-0.25, -0.2) is 4.39 Å². The summed E-state index contributed by atoms with van der Waals surface area (Å²) >= 11 is 0. The Balaban J connectivity index is 2.66. The van der Waals surface area contributed by atoms with Crippen molar-refractivity contribution in [2.45, 2.75) is 0 Å². The average Bonchev–Trinajstić information content (AvgIpc) is 2.66. The largest absolute Gasteiger partial charge is 0.451 e. The van der Waals surface area contributed by atoms with Gasteiger partial charge in [-0.15, -0.1) is 0 Å². The molecule has 2 heterocycles. The lowest BCUT2D eigenvalue weighted by Gasteiger charge is -1.94. The van der Waals surface area contributed by atoms with E-state index in [0.717, 1.165) is 0 Å². The molecule has 0 saturated heterocycles. The van der Waals surface area contributed by atoms with Crippen LogP contribution in [0.3, 0.4) is 0 Å². The van der Waals surface area contributed by atoms with E-state index in [1.807, 2.05) is 0 Å². The monoisotopic (exact) mass is 223 g/mol. The molecule has 0 N–H and O–H groups in total. The van der Waals surface area contributed by atoms with Crippen LogP contribution in [0.2, 0.25) is 0 Å². The molecule has 0 aliphatic heterocycles. The Hall–Kier alpha value is -2.04. The minimum atomic E-state index is -1.46. The molecular formula is C11H4F3NO. The van der Waals surface area contributed by atoms with Gasteiger partial charge in [0.25, 0.3) is 11.9 Å². The highest BCUT2D eigenvalue weighted by atomic mass is 19.2. The number of nitrogens with zero attached hydrogens (tertiary/aromatic N) is 1. The second kappa shape index (κ2) is 2.98. The van der Waals surface area contributed by atoms with Gasteiger partial charge in [0.05, 0.1) is 5.39 Å². The van der Waals surface area contributed by atoms with Crippen LogP contribution in [0.4, 0.5) is 13.2 Å². The van der Waals surface area contributed by atoms with Gasteiger partial charge < -0.3 is 4.42 Å². The van der Waals surface area contributed by atoms with Crippen LogP contribution >= 0.6 is 0 Å². The van der Waals surface area contributed by atoms with Crippen molar-refractivity contribution in [1.82, 2.24) is 4.98 Å². The van der Waals surface area contributed by atoms with Gasteiger partial charge in [0.2, 0.25) is 0 Å². The first-order valence-electron chi connectivity index (χ1n) is 4.50. The highest BCUT2D eigenvalue weighted by Gasteiger charge is 2.20. The van der Waals surface area contributed by atoms with E-state index in [9.17, 15) is 13.2 Å². The van der Waals surface area contributed by atoms with Crippen molar-refractivity contribution < 1.29 is 17.6 Å². The second-order valence-electron chi connectivity index (χ2n) is 3.31. The SMILES string of the molecule is Fc1nc(F)c2oc3ccccc3c2c1F. The van der Waals surface area contributed by atoms with Crippen molar-refractivity contribution in [3.63, 3.8) is 0 Å². The zero-order valence-electron chi connectivity index (χ0n) is 7.80. The number of para-hydroxylation sites is 1.